The molecule has 1 N–H and O–H groups in total. The molecule has 1 heterocycles. The van der Waals surface area contributed by atoms with Gasteiger partial charge in [0.05, 0.1) is 28.4 Å². The van der Waals surface area contributed by atoms with Gasteiger partial charge >= 0.3 is 0 Å². The molecule has 0 radical (unpaired) electrons. The molecular formula is C17H16O7. The van der Waals surface area contributed by atoms with Crippen molar-refractivity contribution in [2.45, 2.75) is 0 Å². The van der Waals surface area contributed by atoms with Crippen LogP contribution in [0, 0.1) is 0 Å². The highest BCUT2D eigenvalue weighted by Gasteiger charge is 2.23. The zero-order valence-electron chi connectivity index (χ0n) is 13.6. The molecule has 0 saturated heterocycles. The van der Waals surface area contributed by atoms with Gasteiger partial charge < -0.3 is 28.5 Å². The van der Waals surface area contributed by atoms with Crippen LogP contribution in [0.2, 0.25) is 0 Å². The number of aromatic hydroxyl groups is 1. The molecule has 0 aliphatic heterocycles. The number of methoxy groups -OCH3 is 4. The Morgan fingerprint density at radius 1 is 0.833 bits per heavy atom. The standard InChI is InChI=1S/C17H16O7/c1-20-11-7-10-13(17(23-4)16(11)22-3)14(19)12-9(24-10)6-5-8(18)15(12)21-2/h5-7,18H,1-4H3. The summed E-state index contributed by atoms with van der Waals surface area (Å²) < 4.78 is 26.9. The molecule has 3 rings (SSSR count). The maximum atomic E-state index is 13.0. The van der Waals surface area contributed by atoms with Gasteiger partial charge in [-0.2, -0.15) is 0 Å². The Hall–Kier alpha value is -3.09. The second-order valence-corrected chi connectivity index (χ2v) is 4.94. The van der Waals surface area contributed by atoms with Crippen LogP contribution in [-0.4, -0.2) is 33.5 Å². The highest BCUT2D eigenvalue weighted by molar-refractivity contribution is 5.99. The van der Waals surface area contributed by atoms with E-state index in [1.54, 1.807) is 6.07 Å². The molecule has 0 aliphatic carbocycles. The van der Waals surface area contributed by atoms with Crippen molar-refractivity contribution < 1.29 is 28.5 Å². The minimum absolute atomic E-state index is 0.0417. The number of phenolic OH excluding ortho intramolecular Hbond substituents is 1. The first kappa shape index (κ1) is 15.8. The predicted molar refractivity (Wildman–Crippen MR) is 87.9 cm³/mol. The zero-order chi connectivity index (χ0) is 17.4. The summed E-state index contributed by atoms with van der Waals surface area (Å²) in [6.07, 6.45) is 0. The smallest absolute Gasteiger partial charge is 0.208 e. The SMILES string of the molecule is COc1cc2oc3ccc(O)c(OC)c3c(=O)c2c(OC)c1OC. The van der Waals surface area contributed by atoms with Gasteiger partial charge in [-0.1, -0.05) is 0 Å². The van der Waals surface area contributed by atoms with E-state index in [0.29, 0.717) is 5.75 Å². The first-order valence-corrected chi connectivity index (χ1v) is 7.02. The molecular weight excluding hydrogens is 316 g/mol. The Bertz CT molecular complexity index is 988. The highest BCUT2D eigenvalue weighted by atomic mass is 16.5. The summed E-state index contributed by atoms with van der Waals surface area (Å²) in [5, 5.41) is 10.2. The van der Waals surface area contributed by atoms with Gasteiger partial charge in [0.1, 0.15) is 21.9 Å². The summed E-state index contributed by atoms with van der Waals surface area (Å²) >= 11 is 0. The molecule has 0 unspecified atom stereocenters. The summed E-state index contributed by atoms with van der Waals surface area (Å²) in [4.78, 5) is 13.0. The molecule has 7 heteroatoms. The third-order valence-corrected chi connectivity index (χ3v) is 3.77. The molecule has 0 aliphatic rings. The maximum Gasteiger partial charge on any atom is 0.208 e. The minimum Gasteiger partial charge on any atom is -0.504 e. The Kier molecular flexibility index (Phi) is 3.84. The second kappa shape index (κ2) is 5.84. The summed E-state index contributed by atoms with van der Waals surface area (Å²) in [6.45, 7) is 0. The molecule has 1 aromatic heterocycles. The van der Waals surface area contributed by atoms with Crippen LogP contribution in [0.25, 0.3) is 21.9 Å². The van der Waals surface area contributed by atoms with Crippen LogP contribution in [0.15, 0.2) is 27.4 Å². The Morgan fingerprint density at radius 2 is 1.46 bits per heavy atom. The van der Waals surface area contributed by atoms with Crippen LogP contribution < -0.4 is 24.4 Å². The maximum absolute atomic E-state index is 13.0. The van der Waals surface area contributed by atoms with Crippen LogP contribution in [0.4, 0.5) is 0 Å². The normalized spacial score (nSPS) is 10.8. The molecule has 2 aromatic carbocycles. The summed E-state index contributed by atoms with van der Waals surface area (Å²) in [6, 6.07) is 4.45. The molecule has 0 spiro atoms. The summed E-state index contributed by atoms with van der Waals surface area (Å²) in [5.41, 5.74) is 0.142. The monoisotopic (exact) mass is 332 g/mol. The van der Waals surface area contributed by atoms with E-state index < -0.39 is 5.43 Å². The Balaban J connectivity index is 2.59. The summed E-state index contributed by atoms with van der Waals surface area (Å²) in [7, 11) is 5.70. The van der Waals surface area contributed by atoms with Crippen molar-refractivity contribution in [3.63, 3.8) is 0 Å². The van der Waals surface area contributed by atoms with Crippen molar-refractivity contribution in [1.29, 1.82) is 0 Å². The average Bonchev–Trinajstić information content (AvgIpc) is 2.60. The van der Waals surface area contributed by atoms with E-state index in [9.17, 15) is 9.90 Å². The van der Waals surface area contributed by atoms with Crippen molar-refractivity contribution >= 4 is 21.9 Å². The molecule has 0 atom stereocenters. The van der Waals surface area contributed by atoms with Gasteiger partial charge in [-0.3, -0.25) is 4.79 Å². The number of ether oxygens (including phenoxy) is 4. The molecule has 0 bridgehead atoms. The van der Waals surface area contributed by atoms with E-state index in [2.05, 4.69) is 0 Å². The molecule has 0 amide bonds. The van der Waals surface area contributed by atoms with E-state index in [1.807, 2.05) is 0 Å². The average molecular weight is 332 g/mol. The van der Waals surface area contributed by atoms with E-state index in [-0.39, 0.29) is 44.9 Å². The van der Waals surface area contributed by atoms with Crippen molar-refractivity contribution in [1.82, 2.24) is 0 Å². The third kappa shape index (κ3) is 2.09. The number of hydrogen-bond donors (Lipinski definition) is 1. The first-order chi connectivity index (χ1) is 11.6. The number of fused-ring (bicyclic) bond motifs is 2. The van der Waals surface area contributed by atoms with Crippen molar-refractivity contribution in [3.05, 3.63) is 28.4 Å². The fourth-order valence-electron chi connectivity index (χ4n) is 2.73. The van der Waals surface area contributed by atoms with E-state index >= 15 is 0 Å². The van der Waals surface area contributed by atoms with Crippen LogP contribution in [0.1, 0.15) is 0 Å². The number of hydrogen-bond acceptors (Lipinski definition) is 7. The van der Waals surface area contributed by atoms with Crippen molar-refractivity contribution in [2.75, 3.05) is 28.4 Å². The van der Waals surface area contributed by atoms with Gasteiger partial charge in [0.2, 0.25) is 11.2 Å². The lowest BCUT2D eigenvalue weighted by molar-refractivity contribution is 0.326. The second-order valence-electron chi connectivity index (χ2n) is 4.94. The first-order valence-electron chi connectivity index (χ1n) is 7.02. The predicted octanol–water partition coefficient (Wildman–Crippen LogP) is 2.69. The Labute approximate surface area is 136 Å². The zero-order valence-corrected chi connectivity index (χ0v) is 13.6. The van der Waals surface area contributed by atoms with Crippen LogP contribution in [0.5, 0.6) is 28.7 Å². The molecule has 0 saturated carbocycles. The van der Waals surface area contributed by atoms with Gasteiger partial charge in [-0.15, -0.1) is 0 Å². The number of phenols is 1. The van der Waals surface area contributed by atoms with Crippen LogP contribution >= 0.6 is 0 Å². The quantitative estimate of drug-likeness (QED) is 0.735. The van der Waals surface area contributed by atoms with E-state index in [0.717, 1.165) is 0 Å². The third-order valence-electron chi connectivity index (χ3n) is 3.77. The van der Waals surface area contributed by atoms with Crippen molar-refractivity contribution in [2.24, 2.45) is 0 Å². The van der Waals surface area contributed by atoms with E-state index in [4.69, 9.17) is 23.4 Å². The highest BCUT2D eigenvalue weighted by Crippen LogP contribution is 2.44. The van der Waals surface area contributed by atoms with Gasteiger partial charge in [0, 0.05) is 6.07 Å². The van der Waals surface area contributed by atoms with Crippen LogP contribution in [-0.2, 0) is 0 Å². The fraction of sp³-hybridized carbons (Fsp3) is 0.235. The molecule has 24 heavy (non-hydrogen) atoms. The summed E-state index contributed by atoms with van der Waals surface area (Å²) in [5.74, 6) is 0.720. The molecule has 0 fully saturated rings. The topological polar surface area (TPSA) is 87.4 Å². The lowest BCUT2D eigenvalue weighted by atomic mass is 10.1. The number of benzene rings is 2. The molecule has 126 valence electrons. The molecule has 3 aromatic rings. The lowest BCUT2D eigenvalue weighted by Crippen LogP contribution is -2.07. The Morgan fingerprint density at radius 3 is 2.04 bits per heavy atom. The fourth-order valence-corrected chi connectivity index (χ4v) is 2.73. The van der Waals surface area contributed by atoms with Gasteiger partial charge in [-0.25, -0.2) is 0 Å². The van der Waals surface area contributed by atoms with Gasteiger partial charge in [0.15, 0.2) is 23.0 Å². The molecule has 7 nitrogen and oxygen atoms in total. The lowest BCUT2D eigenvalue weighted by Gasteiger charge is -2.15. The minimum atomic E-state index is -0.406. The van der Waals surface area contributed by atoms with Gasteiger partial charge in [-0.05, 0) is 12.1 Å². The van der Waals surface area contributed by atoms with Crippen molar-refractivity contribution in [3.8, 4) is 28.7 Å². The number of rotatable bonds is 4. The van der Waals surface area contributed by atoms with E-state index in [1.165, 1.54) is 40.6 Å². The van der Waals surface area contributed by atoms with Gasteiger partial charge in [0.25, 0.3) is 0 Å². The largest absolute Gasteiger partial charge is 0.504 e. The van der Waals surface area contributed by atoms with Crippen LogP contribution in [0.3, 0.4) is 0 Å².